The third kappa shape index (κ3) is 3.71. The number of hydrogen-bond donors (Lipinski definition) is 1. The number of nitrogens with one attached hydrogen (secondary N) is 1. The van der Waals surface area contributed by atoms with Gasteiger partial charge in [-0.3, -0.25) is 4.79 Å². The highest BCUT2D eigenvalue weighted by Gasteiger charge is 2.30. The lowest BCUT2D eigenvalue weighted by molar-refractivity contribution is -0.135. The Morgan fingerprint density at radius 3 is 3.04 bits per heavy atom. The number of halogens is 1. The highest BCUT2D eigenvalue weighted by atomic mass is 35.5. The molecule has 1 N–H and O–H groups in total. The number of benzene rings is 1. The second-order valence-corrected chi connectivity index (χ2v) is 6.14. The van der Waals surface area contributed by atoms with Crippen molar-refractivity contribution >= 4 is 17.5 Å². The van der Waals surface area contributed by atoms with E-state index in [1.807, 2.05) is 34.8 Å². The van der Waals surface area contributed by atoms with Crippen LogP contribution < -0.4 is 10.1 Å². The molecule has 1 unspecified atom stereocenters. The van der Waals surface area contributed by atoms with Crippen LogP contribution in [0.15, 0.2) is 36.7 Å². The van der Waals surface area contributed by atoms with Crippen LogP contribution >= 0.6 is 11.6 Å². The molecule has 1 aliphatic heterocycles. The van der Waals surface area contributed by atoms with Crippen LogP contribution in [0.2, 0.25) is 5.02 Å². The molecule has 0 bridgehead atoms. The van der Waals surface area contributed by atoms with Gasteiger partial charge in [0.2, 0.25) is 5.91 Å². The highest BCUT2D eigenvalue weighted by molar-refractivity contribution is 6.32. The predicted molar refractivity (Wildman–Crippen MR) is 92.1 cm³/mol. The van der Waals surface area contributed by atoms with Crippen LogP contribution in [-0.2, 0) is 11.8 Å². The largest absolute Gasteiger partial charge is 0.491 e. The number of ether oxygens (including phenoxy) is 1. The molecule has 6 nitrogen and oxygen atoms in total. The van der Waals surface area contributed by atoms with Crippen LogP contribution in [-0.4, -0.2) is 46.6 Å². The Labute approximate surface area is 146 Å². The van der Waals surface area contributed by atoms with Gasteiger partial charge in [0, 0.05) is 39.1 Å². The lowest BCUT2D eigenvalue weighted by atomic mass is 10.1. The molecular weight excluding hydrogens is 328 g/mol. The molecule has 1 fully saturated rings. The maximum absolute atomic E-state index is 12.6. The van der Waals surface area contributed by atoms with Gasteiger partial charge in [-0.25, -0.2) is 4.98 Å². The van der Waals surface area contributed by atoms with Crippen molar-refractivity contribution in [2.75, 3.05) is 26.2 Å². The van der Waals surface area contributed by atoms with E-state index < -0.39 is 0 Å². The number of nitrogens with zero attached hydrogens (tertiary/aromatic N) is 3. The molecule has 0 radical (unpaired) electrons. The maximum atomic E-state index is 12.6. The van der Waals surface area contributed by atoms with Crippen LogP contribution in [0, 0.1) is 0 Å². The molecular formula is C17H21ClN4O2. The van der Waals surface area contributed by atoms with Gasteiger partial charge in [0.15, 0.2) is 0 Å². The number of carbonyl (C=O) groups excluding carboxylic acids is 1. The third-order valence-corrected chi connectivity index (χ3v) is 4.44. The third-order valence-electron chi connectivity index (χ3n) is 4.13. The SMILES string of the molecule is Cn1ccnc1C1CNCCN1C(=O)CCOc1ccccc1Cl. The van der Waals surface area contributed by atoms with Crippen molar-refractivity contribution in [1.82, 2.24) is 19.8 Å². The fourth-order valence-corrected chi connectivity index (χ4v) is 3.08. The Balaban J connectivity index is 1.60. The van der Waals surface area contributed by atoms with Gasteiger partial charge in [-0.1, -0.05) is 23.7 Å². The fourth-order valence-electron chi connectivity index (χ4n) is 2.89. The van der Waals surface area contributed by atoms with Crippen molar-refractivity contribution in [2.24, 2.45) is 7.05 Å². The summed E-state index contributed by atoms with van der Waals surface area (Å²) >= 11 is 6.06. The van der Waals surface area contributed by atoms with E-state index in [0.29, 0.717) is 36.9 Å². The number of amides is 1. The molecule has 0 spiro atoms. The maximum Gasteiger partial charge on any atom is 0.226 e. The van der Waals surface area contributed by atoms with E-state index in [-0.39, 0.29) is 11.9 Å². The minimum atomic E-state index is -0.0495. The van der Waals surface area contributed by atoms with E-state index in [0.717, 1.165) is 12.4 Å². The van der Waals surface area contributed by atoms with Crippen molar-refractivity contribution in [3.8, 4) is 5.75 Å². The molecule has 1 saturated heterocycles. The summed E-state index contributed by atoms with van der Waals surface area (Å²) in [5.74, 6) is 1.56. The molecule has 2 aromatic rings. The molecule has 1 aliphatic rings. The number of aryl methyl sites for hydroxylation is 1. The van der Waals surface area contributed by atoms with E-state index in [9.17, 15) is 4.79 Å². The van der Waals surface area contributed by atoms with Gasteiger partial charge >= 0.3 is 0 Å². The molecule has 1 atom stereocenters. The Bertz CT molecular complexity index is 703. The summed E-state index contributed by atoms with van der Waals surface area (Å²) in [7, 11) is 1.94. The van der Waals surface area contributed by atoms with Gasteiger partial charge in [0.1, 0.15) is 17.6 Å². The summed E-state index contributed by atoms with van der Waals surface area (Å²) < 4.78 is 7.59. The minimum absolute atomic E-state index is 0.0495. The van der Waals surface area contributed by atoms with E-state index in [4.69, 9.17) is 16.3 Å². The first-order valence-electron chi connectivity index (χ1n) is 8.01. The molecule has 2 heterocycles. The number of hydrogen-bond acceptors (Lipinski definition) is 4. The lowest BCUT2D eigenvalue weighted by Crippen LogP contribution is -2.49. The molecule has 1 aromatic carbocycles. The van der Waals surface area contributed by atoms with Crippen molar-refractivity contribution < 1.29 is 9.53 Å². The zero-order valence-electron chi connectivity index (χ0n) is 13.6. The molecule has 0 saturated carbocycles. The van der Waals surface area contributed by atoms with Crippen molar-refractivity contribution in [3.63, 3.8) is 0 Å². The number of carbonyl (C=O) groups is 1. The summed E-state index contributed by atoms with van der Waals surface area (Å²) in [6.07, 6.45) is 3.96. The average Bonchev–Trinajstić information content (AvgIpc) is 3.02. The molecule has 3 rings (SSSR count). The standard InChI is InChI=1S/C17H21ClN4O2/c1-21-9-8-20-17(21)14-12-19-7-10-22(14)16(23)6-11-24-15-5-3-2-4-13(15)18/h2-5,8-9,14,19H,6-7,10-12H2,1H3. The summed E-state index contributed by atoms with van der Waals surface area (Å²) in [5.41, 5.74) is 0. The van der Waals surface area contributed by atoms with Gasteiger partial charge in [-0.05, 0) is 12.1 Å². The summed E-state index contributed by atoms with van der Waals surface area (Å²) in [4.78, 5) is 18.9. The Hall–Kier alpha value is -2.05. The molecule has 1 aromatic heterocycles. The zero-order valence-corrected chi connectivity index (χ0v) is 14.4. The molecule has 1 amide bonds. The zero-order chi connectivity index (χ0) is 16.9. The smallest absolute Gasteiger partial charge is 0.226 e. The number of imidazole rings is 1. The number of rotatable bonds is 5. The molecule has 24 heavy (non-hydrogen) atoms. The normalized spacial score (nSPS) is 17.8. The van der Waals surface area contributed by atoms with Crippen LogP contribution in [0.5, 0.6) is 5.75 Å². The first-order valence-corrected chi connectivity index (χ1v) is 8.39. The van der Waals surface area contributed by atoms with Gasteiger partial charge in [-0.15, -0.1) is 0 Å². The topological polar surface area (TPSA) is 59.4 Å². The van der Waals surface area contributed by atoms with Gasteiger partial charge in [0.25, 0.3) is 0 Å². The number of aromatic nitrogens is 2. The van der Waals surface area contributed by atoms with Gasteiger partial charge < -0.3 is 19.5 Å². The molecule has 0 aliphatic carbocycles. The van der Waals surface area contributed by atoms with E-state index in [1.54, 1.807) is 18.3 Å². The highest BCUT2D eigenvalue weighted by Crippen LogP contribution is 2.24. The van der Waals surface area contributed by atoms with E-state index >= 15 is 0 Å². The quantitative estimate of drug-likeness (QED) is 0.898. The lowest BCUT2D eigenvalue weighted by Gasteiger charge is -2.35. The molecule has 128 valence electrons. The van der Waals surface area contributed by atoms with Gasteiger partial charge in [0.05, 0.1) is 18.1 Å². The fraction of sp³-hybridized carbons (Fsp3) is 0.412. The van der Waals surface area contributed by atoms with E-state index in [2.05, 4.69) is 10.3 Å². The Morgan fingerprint density at radius 1 is 1.46 bits per heavy atom. The number of piperazine rings is 1. The van der Waals surface area contributed by atoms with Crippen molar-refractivity contribution in [1.29, 1.82) is 0 Å². The van der Waals surface area contributed by atoms with Crippen LogP contribution in [0.25, 0.3) is 0 Å². The minimum Gasteiger partial charge on any atom is -0.491 e. The van der Waals surface area contributed by atoms with Crippen molar-refractivity contribution in [2.45, 2.75) is 12.5 Å². The molecule has 7 heteroatoms. The predicted octanol–water partition coefficient (Wildman–Crippen LogP) is 2.02. The summed E-state index contributed by atoms with van der Waals surface area (Å²) in [6.45, 7) is 2.47. The first kappa shape index (κ1) is 16.8. The van der Waals surface area contributed by atoms with Crippen LogP contribution in [0.1, 0.15) is 18.3 Å². The van der Waals surface area contributed by atoms with Crippen LogP contribution in [0.4, 0.5) is 0 Å². The van der Waals surface area contributed by atoms with E-state index in [1.165, 1.54) is 0 Å². The number of para-hydroxylation sites is 1. The Morgan fingerprint density at radius 2 is 2.29 bits per heavy atom. The summed E-state index contributed by atoms with van der Waals surface area (Å²) in [6, 6.07) is 7.22. The summed E-state index contributed by atoms with van der Waals surface area (Å²) in [5, 5.41) is 3.88. The second-order valence-electron chi connectivity index (χ2n) is 5.73. The average molecular weight is 349 g/mol. The Kier molecular flexibility index (Phi) is 5.37. The van der Waals surface area contributed by atoms with Gasteiger partial charge in [-0.2, -0.15) is 0 Å². The monoisotopic (exact) mass is 348 g/mol. The van der Waals surface area contributed by atoms with Crippen LogP contribution in [0.3, 0.4) is 0 Å². The first-order chi connectivity index (χ1) is 11.7. The second kappa shape index (κ2) is 7.68. The van der Waals surface area contributed by atoms with Crippen molar-refractivity contribution in [3.05, 3.63) is 47.5 Å².